The van der Waals surface area contributed by atoms with Gasteiger partial charge in [-0.2, -0.15) is 0 Å². The molecular weight excluding hydrogens is 314 g/mol. The highest BCUT2D eigenvalue weighted by molar-refractivity contribution is 8.01. The van der Waals surface area contributed by atoms with Gasteiger partial charge in [0.25, 0.3) is 0 Å². The second kappa shape index (κ2) is 5.83. The van der Waals surface area contributed by atoms with Crippen LogP contribution in [-0.2, 0) is 6.54 Å². The van der Waals surface area contributed by atoms with E-state index < -0.39 is 0 Å². The van der Waals surface area contributed by atoms with Crippen molar-refractivity contribution in [2.75, 3.05) is 18.8 Å². The van der Waals surface area contributed by atoms with E-state index in [4.69, 9.17) is 4.74 Å². The van der Waals surface area contributed by atoms with Crippen LogP contribution in [0.3, 0.4) is 0 Å². The first-order chi connectivity index (χ1) is 10.7. The van der Waals surface area contributed by atoms with Crippen molar-refractivity contribution >= 4 is 23.1 Å². The molecule has 1 spiro atoms. The number of pyridine rings is 1. The first kappa shape index (κ1) is 14.5. The lowest BCUT2D eigenvalue weighted by Crippen LogP contribution is -2.58. The number of hydrogen-bond acceptors (Lipinski definition) is 6. The molecule has 116 valence electrons. The van der Waals surface area contributed by atoms with Gasteiger partial charge in [0.05, 0.1) is 16.9 Å². The maximum Gasteiger partial charge on any atom is 0.138 e. The number of hydrogen-bond donors (Lipinski definition) is 0. The maximum absolute atomic E-state index is 6.05. The molecule has 2 aromatic rings. The summed E-state index contributed by atoms with van der Waals surface area (Å²) in [6.07, 6.45) is 5.03. The second-order valence-electron chi connectivity index (χ2n) is 6.13. The molecule has 0 aromatic carbocycles. The average molecular weight is 333 g/mol. The molecule has 0 amide bonds. The smallest absolute Gasteiger partial charge is 0.138 e. The number of thioether (sulfide) groups is 1. The zero-order valence-electron chi connectivity index (χ0n) is 12.6. The molecule has 0 radical (unpaired) electrons. The summed E-state index contributed by atoms with van der Waals surface area (Å²) in [5, 5.41) is 3.33. The first-order valence-electron chi connectivity index (χ1n) is 7.55. The summed E-state index contributed by atoms with van der Waals surface area (Å²) >= 11 is 3.81. The Morgan fingerprint density at radius 2 is 2.36 bits per heavy atom. The van der Waals surface area contributed by atoms with Gasteiger partial charge in [0.15, 0.2) is 0 Å². The van der Waals surface area contributed by atoms with Gasteiger partial charge in [0, 0.05) is 48.1 Å². The van der Waals surface area contributed by atoms with Crippen molar-refractivity contribution in [3.8, 4) is 5.75 Å². The lowest BCUT2D eigenvalue weighted by molar-refractivity contribution is 0.0910. The average Bonchev–Trinajstić information content (AvgIpc) is 3.07. The highest BCUT2D eigenvalue weighted by Crippen LogP contribution is 2.46. The molecule has 2 aromatic heterocycles. The standard InChI is InChI=1S/C16H19N3OS2/c1-12-18-13(8-21-12)7-19-10-16(11-19)5-15(9-22-16)20-14-3-2-4-17-6-14/h2-4,6,8,15H,5,7,9-11H2,1H3. The van der Waals surface area contributed by atoms with Gasteiger partial charge in [0.2, 0.25) is 0 Å². The van der Waals surface area contributed by atoms with Crippen LogP contribution in [0.4, 0.5) is 0 Å². The number of aromatic nitrogens is 2. The molecule has 2 fully saturated rings. The molecule has 2 aliphatic heterocycles. The summed E-state index contributed by atoms with van der Waals surface area (Å²) in [5.41, 5.74) is 1.21. The fraction of sp³-hybridized carbons (Fsp3) is 0.500. The van der Waals surface area contributed by atoms with Gasteiger partial charge in [-0.3, -0.25) is 9.88 Å². The molecule has 4 heterocycles. The minimum Gasteiger partial charge on any atom is -0.488 e. The van der Waals surface area contributed by atoms with Gasteiger partial charge in [-0.05, 0) is 19.1 Å². The van der Waals surface area contributed by atoms with E-state index in [0.29, 0.717) is 10.9 Å². The predicted molar refractivity (Wildman–Crippen MR) is 90.6 cm³/mol. The van der Waals surface area contributed by atoms with Crippen molar-refractivity contribution in [2.45, 2.75) is 30.7 Å². The summed E-state index contributed by atoms with van der Waals surface area (Å²) in [7, 11) is 0. The van der Waals surface area contributed by atoms with Gasteiger partial charge < -0.3 is 4.74 Å². The molecule has 0 N–H and O–H groups in total. The van der Waals surface area contributed by atoms with E-state index >= 15 is 0 Å². The fourth-order valence-corrected chi connectivity index (χ4v) is 5.48. The van der Waals surface area contributed by atoms with Crippen molar-refractivity contribution in [1.82, 2.24) is 14.9 Å². The van der Waals surface area contributed by atoms with Gasteiger partial charge in [-0.25, -0.2) is 4.98 Å². The molecule has 4 nitrogen and oxygen atoms in total. The van der Waals surface area contributed by atoms with E-state index in [1.54, 1.807) is 23.7 Å². The van der Waals surface area contributed by atoms with Gasteiger partial charge in [0.1, 0.15) is 11.9 Å². The Bertz CT molecular complexity index is 640. The Morgan fingerprint density at radius 3 is 3.09 bits per heavy atom. The number of nitrogens with zero attached hydrogens (tertiary/aromatic N) is 3. The summed E-state index contributed by atoms with van der Waals surface area (Å²) in [6, 6.07) is 3.91. The van der Waals surface area contributed by atoms with Crippen LogP contribution in [-0.4, -0.2) is 44.6 Å². The zero-order chi connectivity index (χ0) is 15.0. The highest BCUT2D eigenvalue weighted by Gasteiger charge is 2.49. The van der Waals surface area contributed by atoms with Crippen molar-refractivity contribution in [3.05, 3.63) is 40.6 Å². The van der Waals surface area contributed by atoms with E-state index in [9.17, 15) is 0 Å². The second-order valence-corrected chi connectivity index (χ2v) is 8.68. The summed E-state index contributed by atoms with van der Waals surface area (Å²) in [4.78, 5) is 11.2. The quantitative estimate of drug-likeness (QED) is 0.860. The molecule has 0 bridgehead atoms. The third-order valence-electron chi connectivity index (χ3n) is 4.19. The normalized spacial score (nSPS) is 23.6. The van der Waals surface area contributed by atoms with Crippen molar-refractivity contribution in [1.29, 1.82) is 0 Å². The molecule has 4 rings (SSSR count). The van der Waals surface area contributed by atoms with E-state index in [1.807, 2.05) is 12.1 Å². The number of likely N-dealkylation sites (tertiary alicyclic amines) is 1. The van der Waals surface area contributed by atoms with Gasteiger partial charge >= 0.3 is 0 Å². The molecule has 22 heavy (non-hydrogen) atoms. The third-order valence-corrected chi connectivity index (χ3v) is 6.59. The first-order valence-corrected chi connectivity index (χ1v) is 9.41. The lowest BCUT2D eigenvalue weighted by Gasteiger charge is -2.47. The molecule has 0 saturated carbocycles. The molecular formula is C16H19N3OS2. The summed E-state index contributed by atoms with van der Waals surface area (Å²) in [6.45, 7) is 5.36. The van der Waals surface area contributed by atoms with Crippen LogP contribution >= 0.6 is 23.1 Å². The Morgan fingerprint density at radius 1 is 1.45 bits per heavy atom. The van der Waals surface area contributed by atoms with Crippen LogP contribution < -0.4 is 4.74 Å². The largest absolute Gasteiger partial charge is 0.488 e. The Balaban J connectivity index is 1.29. The number of ether oxygens (including phenoxy) is 1. The maximum atomic E-state index is 6.05. The van der Waals surface area contributed by atoms with Crippen molar-refractivity contribution in [3.63, 3.8) is 0 Å². The van der Waals surface area contributed by atoms with Gasteiger partial charge in [-0.1, -0.05) is 0 Å². The molecule has 2 aliphatic rings. The van der Waals surface area contributed by atoms with Gasteiger partial charge in [-0.15, -0.1) is 23.1 Å². The SMILES string of the molecule is Cc1nc(CN2CC3(CC(Oc4cccnc4)CS3)C2)cs1. The predicted octanol–water partition coefficient (Wildman–Crippen LogP) is 2.99. The summed E-state index contributed by atoms with van der Waals surface area (Å²) < 4.78 is 6.45. The highest BCUT2D eigenvalue weighted by atomic mass is 32.2. The molecule has 1 unspecified atom stereocenters. The van der Waals surface area contributed by atoms with E-state index in [-0.39, 0.29) is 0 Å². The lowest BCUT2D eigenvalue weighted by atomic mass is 9.93. The van der Waals surface area contributed by atoms with Crippen LogP contribution in [0.1, 0.15) is 17.1 Å². The zero-order valence-corrected chi connectivity index (χ0v) is 14.2. The van der Waals surface area contributed by atoms with E-state index in [1.165, 1.54) is 5.69 Å². The van der Waals surface area contributed by atoms with Crippen LogP contribution in [0.2, 0.25) is 0 Å². The van der Waals surface area contributed by atoms with Crippen LogP contribution in [0.15, 0.2) is 29.9 Å². The van der Waals surface area contributed by atoms with E-state index in [0.717, 1.165) is 42.6 Å². The van der Waals surface area contributed by atoms with Crippen molar-refractivity contribution < 1.29 is 4.74 Å². The molecule has 0 aliphatic carbocycles. The van der Waals surface area contributed by atoms with Crippen LogP contribution in [0.25, 0.3) is 0 Å². The molecule has 2 saturated heterocycles. The number of rotatable bonds is 4. The number of aryl methyl sites for hydroxylation is 1. The number of thiazole rings is 1. The van der Waals surface area contributed by atoms with Crippen molar-refractivity contribution in [2.24, 2.45) is 0 Å². The minimum absolute atomic E-state index is 0.317. The van der Waals surface area contributed by atoms with Crippen LogP contribution in [0, 0.1) is 6.92 Å². The Labute approximate surface area is 138 Å². The third kappa shape index (κ3) is 3.00. The minimum atomic E-state index is 0.317. The van der Waals surface area contributed by atoms with E-state index in [2.05, 4.69) is 38.9 Å². The Kier molecular flexibility index (Phi) is 3.84. The Hall–Kier alpha value is -1.11. The molecule has 6 heteroatoms. The molecule has 1 atom stereocenters. The van der Waals surface area contributed by atoms with Crippen LogP contribution in [0.5, 0.6) is 5.75 Å². The topological polar surface area (TPSA) is 38.2 Å². The summed E-state index contributed by atoms with van der Waals surface area (Å²) in [5.74, 6) is 1.97. The fourth-order valence-electron chi connectivity index (χ4n) is 3.30. The monoisotopic (exact) mass is 333 g/mol.